The summed E-state index contributed by atoms with van der Waals surface area (Å²) in [5.74, 6) is 0.0600. The Kier molecular flexibility index (Phi) is 5.23. The lowest BCUT2D eigenvalue weighted by Gasteiger charge is -2.41. The Morgan fingerprint density at radius 1 is 1.45 bits per heavy atom. The van der Waals surface area contributed by atoms with E-state index in [9.17, 15) is 18.3 Å². The van der Waals surface area contributed by atoms with Gasteiger partial charge in [0.1, 0.15) is 5.69 Å². The van der Waals surface area contributed by atoms with Crippen molar-refractivity contribution in [1.82, 2.24) is 9.97 Å². The number of piperidine rings is 1. The van der Waals surface area contributed by atoms with E-state index in [0.29, 0.717) is 26.1 Å². The van der Waals surface area contributed by atoms with Gasteiger partial charge in [0.2, 0.25) is 5.95 Å². The van der Waals surface area contributed by atoms with Gasteiger partial charge < -0.3 is 14.7 Å². The Hall–Kier alpha value is -1.41. The molecule has 1 aliphatic rings. The number of methoxy groups -OCH3 is 1. The Labute approximate surface area is 127 Å². The Balaban J connectivity index is 2.18. The van der Waals surface area contributed by atoms with Crippen molar-refractivity contribution < 1.29 is 23.0 Å². The molecule has 1 saturated heterocycles. The van der Waals surface area contributed by atoms with Crippen LogP contribution < -0.4 is 4.90 Å². The van der Waals surface area contributed by atoms with Gasteiger partial charge in [0, 0.05) is 38.4 Å². The maximum Gasteiger partial charge on any atom is 0.433 e. The third kappa shape index (κ3) is 3.86. The molecule has 2 heterocycles. The van der Waals surface area contributed by atoms with Crippen LogP contribution in [0.2, 0.25) is 0 Å². The van der Waals surface area contributed by atoms with Crippen molar-refractivity contribution in [2.75, 3.05) is 38.3 Å². The number of aliphatic hydroxyl groups is 1. The van der Waals surface area contributed by atoms with Crippen LogP contribution in [0.3, 0.4) is 0 Å². The molecule has 5 nitrogen and oxygen atoms in total. The Morgan fingerprint density at radius 2 is 2.23 bits per heavy atom. The van der Waals surface area contributed by atoms with Crippen LogP contribution in [0.4, 0.5) is 19.1 Å². The van der Waals surface area contributed by atoms with Crippen LogP contribution in [0, 0.1) is 5.41 Å². The maximum absolute atomic E-state index is 12.8. The molecule has 0 aromatic carbocycles. The molecule has 8 heteroatoms. The van der Waals surface area contributed by atoms with Crippen molar-refractivity contribution in [3.8, 4) is 0 Å². The van der Waals surface area contributed by atoms with Crippen molar-refractivity contribution in [3.63, 3.8) is 0 Å². The second kappa shape index (κ2) is 6.78. The third-order valence-electron chi connectivity index (χ3n) is 4.05. The molecule has 0 saturated carbocycles. The number of aromatic nitrogens is 2. The predicted octanol–water partition coefficient (Wildman–Crippen LogP) is 2.11. The van der Waals surface area contributed by atoms with Gasteiger partial charge in [0.15, 0.2) is 0 Å². The van der Waals surface area contributed by atoms with Crippen LogP contribution in [-0.4, -0.2) is 48.5 Å². The fourth-order valence-electron chi connectivity index (χ4n) is 2.77. The summed E-state index contributed by atoms with van der Waals surface area (Å²) in [4.78, 5) is 9.30. The molecule has 2 rings (SSSR count). The number of aliphatic hydroxyl groups excluding tert-OH is 1. The molecular weight excluding hydrogens is 299 g/mol. The van der Waals surface area contributed by atoms with E-state index in [2.05, 4.69) is 9.97 Å². The molecule has 1 atom stereocenters. The van der Waals surface area contributed by atoms with Gasteiger partial charge in [-0.25, -0.2) is 9.97 Å². The summed E-state index contributed by atoms with van der Waals surface area (Å²) in [6, 6.07) is 0.859. The summed E-state index contributed by atoms with van der Waals surface area (Å²) < 4.78 is 43.3. The van der Waals surface area contributed by atoms with Gasteiger partial charge in [-0.2, -0.15) is 13.2 Å². The summed E-state index contributed by atoms with van der Waals surface area (Å²) in [5.41, 5.74) is -1.33. The van der Waals surface area contributed by atoms with Gasteiger partial charge in [-0.1, -0.05) is 0 Å². The van der Waals surface area contributed by atoms with Crippen LogP contribution in [-0.2, 0) is 10.9 Å². The van der Waals surface area contributed by atoms with Crippen molar-refractivity contribution in [3.05, 3.63) is 18.0 Å². The lowest BCUT2D eigenvalue weighted by molar-refractivity contribution is -0.141. The van der Waals surface area contributed by atoms with Gasteiger partial charge in [0.05, 0.1) is 6.61 Å². The molecule has 0 radical (unpaired) electrons. The van der Waals surface area contributed by atoms with Crippen LogP contribution in [0.5, 0.6) is 0 Å². The summed E-state index contributed by atoms with van der Waals surface area (Å²) in [7, 11) is 1.58. The summed E-state index contributed by atoms with van der Waals surface area (Å²) in [6.45, 7) is 1.47. The molecule has 1 aromatic heterocycles. The maximum atomic E-state index is 12.8. The summed E-state index contributed by atoms with van der Waals surface area (Å²) in [5, 5.41) is 9.71. The van der Waals surface area contributed by atoms with E-state index in [-0.39, 0.29) is 18.0 Å². The standard InChI is InChI=1S/C14H20F3N3O2/c1-22-8-5-13(10-21)4-2-7-20(9-13)12-18-6-3-11(19-12)14(15,16)17/h3,6,21H,2,4-5,7-10H2,1H3/t13-/m1/s1. The number of rotatable bonds is 5. The number of hydrogen-bond donors (Lipinski definition) is 1. The second-order valence-corrected chi connectivity index (χ2v) is 5.67. The van der Waals surface area contributed by atoms with Crippen molar-refractivity contribution in [2.24, 2.45) is 5.41 Å². The van der Waals surface area contributed by atoms with E-state index >= 15 is 0 Å². The summed E-state index contributed by atoms with van der Waals surface area (Å²) >= 11 is 0. The van der Waals surface area contributed by atoms with Crippen LogP contribution in [0.25, 0.3) is 0 Å². The van der Waals surface area contributed by atoms with E-state index in [1.807, 2.05) is 0 Å². The highest BCUT2D eigenvalue weighted by Gasteiger charge is 2.37. The lowest BCUT2D eigenvalue weighted by Crippen LogP contribution is -2.46. The normalized spacial score (nSPS) is 22.9. The average molecular weight is 319 g/mol. The predicted molar refractivity (Wildman–Crippen MR) is 74.5 cm³/mol. The molecule has 1 aliphatic heterocycles. The SMILES string of the molecule is COCC[C@]1(CO)CCCN(c2nccc(C(F)(F)F)n2)C1. The zero-order valence-corrected chi connectivity index (χ0v) is 12.4. The first kappa shape index (κ1) is 17.0. The van der Waals surface area contributed by atoms with Gasteiger partial charge in [-0.05, 0) is 25.3 Å². The molecule has 0 amide bonds. The molecule has 0 bridgehead atoms. The van der Waals surface area contributed by atoms with E-state index in [4.69, 9.17) is 4.74 Å². The number of hydrogen-bond acceptors (Lipinski definition) is 5. The van der Waals surface area contributed by atoms with Gasteiger partial charge in [-0.3, -0.25) is 0 Å². The third-order valence-corrected chi connectivity index (χ3v) is 4.05. The number of ether oxygens (including phenoxy) is 1. The van der Waals surface area contributed by atoms with E-state index < -0.39 is 11.9 Å². The molecule has 0 spiro atoms. The number of nitrogens with zero attached hydrogens (tertiary/aromatic N) is 3. The molecule has 22 heavy (non-hydrogen) atoms. The second-order valence-electron chi connectivity index (χ2n) is 5.67. The number of alkyl halides is 3. The monoisotopic (exact) mass is 319 g/mol. The number of halogens is 3. The van der Waals surface area contributed by atoms with Gasteiger partial charge in [-0.15, -0.1) is 0 Å². The van der Waals surface area contributed by atoms with Crippen LogP contribution in [0.1, 0.15) is 25.0 Å². The first-order valence-electron chi connectivity index (χ1n) is 7.15. The first-order valence-corrected chi connectivity index (χ1v) is 7.15. The molecule has 124 valence electrons. The highest BCUT2D eigenvalue weighted by atomic mass is 19.4. The van der Waals surface area contributed by atoms with E-state index in [1.54, 1.807) is 12.0 Å². The minimum Gasteiger partial charge on any atom is -0.396 e. The van der Waals surface area contributed by atoms with Crippen LogP contribution >= 0.6 is 0 Å². The van der Waals surface area contributed by atoms with Crippen LogP contribution in [0.15, 0.2) is 12.3 Å². The molecule has 0 unspecified atom stereocenters. The minimum absolute atomic E-state index is 0.0359. The van der Waals surface area contributed by atoms with Crippen molar-refractivity contribution in [2.45, 2.75) is 25.4 Å². The Morgan fingerprint density at radius 3 is 2.86 bits per heavy atom. The van der Waals surface area contributed by atoms with Gasteiger partial charge in [0.25, 0.3) is 0 Å². The molecule has 1 N–H and O–H groups in total. The molecule has 1 aromatic rings. The van der Waals surface area contributed by atoms with Gasteiger partial charge >= 0.3 is 6.18 Å². The zero-order chi connectivity index (χ0) is 16.2. The zero-order valence-electron chi connectivity index (χ0n) is 12.4. The average Bonchev–Trinajstić information content (AvgIpc) is 2.52. The fourth-order valence-corrected chi connectivity index (χ4v) is 2.77. The van der Waals surface area contributed by atoms with E-state index in [1.165, 1.54) is 0 Å². The van der Waals surface area contributed by atoms with E-state index in [0.717, 1.165) is 25.1 Å². The number of anilines is 1. The smallest absolute Gasteiger partial charge is 0.396 e. The molecular formula is C14H20F3N3O2. The summed E-state index contributed by atoms with van der Waals surface area (Å²) in [6.07, 6.45) is -1.14. The minimum atomic E-state index is -4.49. The Bertz CT molecular complexity index is 498. The first-order chi connectivity index (χ1) is 10.4. The highest BCUT2D eigenvalue weighted by molar-refractivity contribution is 5.32. The lowest BCUT2D eigenvalue weighted by atomic mass is 9.78. The molecule has 0 aliphatic carbocycles. The topological polar surface area (TPSA) is 58.5 Å². The highest BCUT2D eigenvalue weighted by Crippen LogP contribution is 2.35. The largest absolute Gasteiger partial charge is 0.433 e. The van der Waals surface area contributed by atoms with Crippen molar-refractivity contribution >= 4 is 5.95 Å². The fraction of sp³-hybridized carbons (Fsp3) is 0.714. The van der Waals surface area contributed by atoms with Crippen molar-refractivity contribution in [1.29, 1.82) is 0 Å². The quantitative estimate of drug-likeness (QED) is 0.901. The molecule has 1 fully saturated rings.